The maximum Gasteiger partial charge on any atom is 0.417 e. The van der Waals surface area contributed by atoms with Gasteiger partial charge >= 0.3 is 12.4 Å². The maximum absolute atomic E-state index is 12.8. The summed E-state index contributed by atoms with van der Waals surface area (Å²) in [5.41, 5.74) is -0.420. The van der Waals surface area contributed by atoms with Crippen molar-refractivity contribution in [1.82, 2.24) is 19.5 Å². The van der Waals surface area contributed by atoms with Crippen LogP contribution < -0.4 is 0 Å². The van der Waals surface area contributed by atoms with E-state index in [1.165, 1.54) is 30.1 Å². The van der Waals surface area contributed by atoms with Crippen LogP contribution in [0.3, 0.4) is 0 Å². The molecule has 0 aliphatic rings. The standard InChI is InChI=1S/C15H10F6N4S/c1-25-12(9-2-3-22-6-11(9)26-7-14(16,17)18)24-10-4-8(15(19,20)21)5-23-13(10)25/h2-6H,7H2,1H3. The van der Waals surface area contributed by atoms with Crippen LogP contribution in [-0.2, 0) is 13.2 Å². The van der Waals surface area contributed by atoms with Crippen molar-refractivity contribution in [3.63, 3.8) is 0 Å². The minimum absolute atomic E-state index is 0.000841. The van der Waals surface area contributed by atoms with Gasteiger partial charge in [0.15, 0.2) is 5.65 Å². The molecule has 0 bridgehead atoms. The molecule has 3 aromatic rings. The van der Waals surface area contributed by atoms with Gasteiger partial charge in [0.25, 0.3) is 0 Å². The summed E-state index contributed by atoms with van der Waals surface area (Å²) in [4.78, 5) is 12.0. The molecule has 3 heterocycles. The molecule has 0 aliphatic carbocycles. The highest BCUT2D eigenvalue weighted by atomic mass is 32.2. The number of aromatic nitrogens is 4. The number of hydrogen-bond acceptors (Lipinski definition) is 4. The van der Waals surface area contributed by atoms with Gasteiger partial charge in [-0.25, -0.2) is 9.97 Å². The second-order valence-corrected chi connectivity index (χ2v) is 6.35. The Morgan fingerprint density at radius 3 is 2.50 bits per heavy atom. The number of halogens is 6. The number of thioether (sulfide) groups is 1. The van der Waals surface area contributed by atoms with E-state index in [0.29, 0.717) is 23.5 Å². The Labute approximate surface area is 147 Å². The zero-order valence-electron chi connectivity index (χ0n) is 13.1. The van der Waals surface area contributed by atoms with E-state index in [1.807, 2.05) is 0 Å². The van der Waals surface area contributed by atoms with E-state index in [9.17, 15) is 26.3 Å². The summed E-state index contributed by atoms with van der Waals surface area (Å²) < 4.78 is 77.4. The summed E-state index contributed by atoms with van der Waals surface area (Å²) in [6.45, 7) is 0. The molecule has 0 aliphatic heterocycles. The van der Waals surface area contributed by atoms with Gasteiger partial charge in [0, 0.05) is 36.1 Å². The van der Waals surface area contributed by atoms with Crippen LogP contribution in [0.4, 0.5) is 26.3 Å². The first-order chi connectivity index (χ1) is 12.1. The van der Waals surface area contributed by atoms with E-state index in [1.54, 1.807) is 0 Å². The lowest BCUT2D eigenvalue weighted by atomic mass is 10.2. The van der Waals surface area contributed by atoms with Crippen LogP contribution in [0.5, 0.6) is 0 Å². The monoisotopic (exact) mass is 392 g/mol. The number of pyridine rings is 2. The molecule has 0 atom stereocenters. The number of nitrogens with zero attached hydrogens (tertiary/aromatic N) is 4. The molecule has 138 valence electrons. The molecule has 0 saturated heterocycles. The highest BCUT2D eigenvalue weighted by Gasteiger charge is 2.32. The van der Waals surface area contributed by atoms with E-state index in [-0.39, 0.29) is 21.9 Å². The lowest BCUT2D eigenvalue weighted by Crippen LogP contribution is -2.10. The molecule has 11 heteroatoms. The normalized spacial score (nSPS) is 12.7. The number of fused-ring (bicyclic) bond motifs is 1. The van der Waals surface area contributed by atoms with E-state index < -0.39 is 23.7 Å². The van der Waals surface area contributed by atoms with Crippen molar-refractivity contribution >= 4 is 22.9 Å². The van der Waals surface area contributed by atoms with Crippen LogP contribution >= 0.6 is 11.8 Å². The second kappa shape index (κ2) is 6.45. The van der Waals surface area contributed by atoms with Crippen molar-refractivity contribution in [3.05, 3.63) is 36.3 Å². The van der Waals surface area contributed by atoms with Gasteiger partial charge < -0.3 is 4.57 Å². The number of aryl methyl sites for hydroxylation is 1. The summed E-state index contributed by atoms with van der Waals surface area (Å²) in [7, 11) is 1.53. The smallest absolute Gasteiger partial charge is 0.312 e. The van der Waals surface area contributed by atoms with Crippen LogP contribution in [0.2, 0.25) is 0 Å². The van der Waals surface area contributed by atoms with E-state index in [2.05, 4.69) is 15.0 Å². The van der Waals surface area contributed by atoms with Gasteiger partial charge in [0.1, 0.15) is 11.3 Å². The molecule has 0 amide bonds. The Bertz CT molecular complexity index is 947. The Morgan fingerprint density at radius 2 is 1.85 bits per heavy atom. The predicted octanol–water partition coefficient (Wildman–Crippen LogP) is 4.70. The minimum Gasteiger partial charge on any atom is -0.312 e. The quantitative estimate of drug-likeness (QED) is 0.479. The summed E-state index contributed by atoms with van der Waals surface area (Å²) in [5, 5.41) is 0. The van der Waals surface area contributed by atoms with Crippen molar-refractivity contribution in [2.45, 2.75) is 17.2 Å². The first kappa shape index (κ1) is 18.5. The lowest BCUT2D eigenvalue weighted by Gasteiger charge is -2.10. The summed E-state index contributed by atoms with van der Waals surface area (Å²) in [5.74, 6) is -0.912. The molecule has 0 radical (unpaired) electrons. The third kappa shape index (κ3) is 3.76. The third-order valence-corrected chi connectivity index (χ3v) is 4.56. The lowest BCUT2D eigenvalue weighted by molar-refractivity contribution is -0.137. The molecule has 4 nitrogen and oxygen atoms in total. The summed E-state index contributed by atoms with van der Waals surface area (Å²) >= 11 is 0.534. The molecule has 26 heavy (non-hydrogen) atoms. The zero-order chi connectivity index (χ0) is 19.1. The molecule has 0 spiro atoms. The number of rotatable bonds is 3. The maximum atomic E-state index is 12.8. The van der Waals surface area contributed by atoms with E-state index in [0.717, 1.165) is 6.07 Å². The molecule has 0 N–H and O–H groups in total. The molecule has 3 rings (SSSR count). The van der Waals surface area contributed by atoms with E-state index in [4.69, 9.17) is 0 Å². The van der Waals surface area contributed by atoms with Gasteiger partial charge in [0.2, 0.25) is 0 Å². The van der Waals surface area contributed by atoms with Crippen molar-refractivity contribution in [3.8, 4) is 11.4 Å². The average Bonchev–Trinajstić information content (AvgIpc) is 2.88. The van der Waals surface area contributed by atoms with Crippen LogP contribution in [0.25, 0.3) is 22.6 Å². The van der Waals surface area contributed by atoms with Gasteiger partial charge in [0.05, 0.1) is 11.3 Å². The van der Waals surface area contributed by atoms with Gasteiger partial charge in [-0.2, -0.15) is 26.3 Å². The van der Waals surface area contributed by atoms with Crippen LogP contribution in [0, 0.1) is 0 Å². The highest BCUT2D eigenvalue weighted by Crippen LogP contribution is 2.35. The third-order valence-electron chi connectivity index (χ3n) is 3.45. The highest BCUT2D eigenvalue weighted by molar-refractivity contribution is 7.99. The van der Waals surface area contributed by atoms with Crippen molar-refractivity contribution in [2.24, 2.45) is 7.05 Å². The van der Waals surface area contributed by atoms with Crippen molar-refractivity contribution in [1.29, 1.82) is 0 Å². The van der Waals surface area contributed by atoms with Crippen molar-refractivity contribution < 1.29 is 26.3 Å². The first-order valence-electron chi connectivity index (χ1n) is 7.10. The van der Waals surface area contributed by atoms with Gasteiger partial charge in [-0.1, -0.05) is 0 Å². The molecule has 0 saturated carbocycles. The average molecular weight is 392 g/mol. The Morgan fingerprint density at radius 1 is 1.12 bits per heavy atom. The Balaban J connectivity index is 2.07. The predicted molar refractivity (Wildman–Crippen MR) is 83.5 cm³/mol. The molecule has 0 aromatic carbocycles. The fourth-order valence-corrected chi connectivity index (χ4v) is 3.08. The van der Waals surface area contributed by atoms with Crippen LogP contribution in [0.15, 0.2) is 35.6 Å². The second-order valence-electron chi connectivity index (χ2n) is 5.33. The minimum atomic E-state index is -4.57. The van der Waals surface area contributed by atoms with Gasteiger partial charge in [-0.05, 0) is 12.1 Å². The van der Waals surface area contributed by atoms with Crippen LogP contribution in [-0.4, -0.2) is 31.4 Å². The zero-order valence-corrected chi connectivity index (χ0v) is 13.9. The molecule has 0 fully saturated rings. The topological polar surface area (TPSA) is 43.6 Å². The molecular weight excluding hydrogens is 382 g/mol. The fourth-order valence-electron chi connectivity index (χ4n) is 2.31. The number of imidazole rings is 1. The number of hydrogen-bond donors (Lipinski definition) is 0. The molecular formula is C15H10F6N4S. The summed E-state index contributed by atoms with van der Waals surface area (Å²) in [6.07, 6.45) is -5.60. The summed E-state index contributed by atoms with van der Waals surface area (Å²) in [6, 6.07) is 2.32. The fraction of sp³-hybridized carbons (Fsp3) is 0.267. The Kier molecular flexibility index (Phi) is 4.59. The Hall–Kier alpha value is -2.30. The first-order valence-corrected chi connectivity index (χ1v) is 8.08. The molecule has 0 unspecified atom stereocenters. The number of alkyl halides is 6. The van der Waals surface area contributed by atoms with Gasteiger partial charge in [-0.3, -0.25) is 4.98 Å². The molecule has 3 aromatic heterocycles. The van der Waals surface area contributed by atoms with E-state index >= 15 is 0 Å². The van der Waals surface area contributed by atoms with Crippen LogP contribution in [0.1, 0.15) is 5.56 Å². The van der Waals surface area contributed by atoms with Crippen molar-refractivity contribution in [2.75, 3.05) is 5.75 Å². The largest absolute Gasteiger partial charge is 0.417 e. The van der Waals surface area contributed by atoms with Gasteiger partial charge in [-0.15, -0.1) is 11.8 Å². The SMILES string of the molecule is Cn1c(-c2ccncc2SCC(F)(F)F)nc2cc(C(F)(F)F)cnc21.